The first-order valence-electron chi connectivity index (χ1n) is 8.19. The molecule has 0 aliphatic heterocycles. The molecule has 0 unspecified atom stereocenters. The van der Waals surface area contributed by atoms with Crippen LogP contribution in [0.3, 0.4) is 0 Å². The third kappa shape index (κ3) is 3.76. The van der Waals surface area contributed by atoms with Crippen molar-refractivity contribution < 1.29 is 13.2 Å². The van der Waals surface area contributed by atoms with Crippen LogP contribution >= 0.6 is 11.3 Å². The van der Waals surface area contributed by atoms with Gasteiger partial charge in [0.25, 0.3) is 0 Å². The predicted molar refractivity (Wildman–Crippen MR) is 106 cm³/mol. The largest absolute Gasteiger partial charge is 0.495 e. The van der Waals surface area contributed by atoms with E-state index in [1.165, 1.54) is 11.8 Å². The summed E-state index contributed by atoms with van der Waals surface area (Å²) in [4.78, 5) is 2.18. The lowest BCUT2D eigenvalue weighted by Crippen LogP contribution is -2.34. The Morgan fingerprint density at radius 3 is 2.54 bits per heavy atom. The van der Waals surface area contributed by atoms with E-state index in [-0.39, 0.29) is 17.5 Å². The second-order valence-corrected chi connectivity index (χ2v) is 8.82. The summed E-state index contributed by atoms with van der Waals surface area (Å²) in [6.45, 7) is 0.272. The van der Waals surface area contributed by atoms with Gasteiger partial charge in [-0.2, -0.15) is 0 Å². The van der Waals surface area contributed by atoms with Crippen LogP contribution < -0.4 is 9.46 Å². The Morgan fingerprint density at radius 2 is 1.81 bits per heavy atom. The summed E-state index contributed by atoms with van der Waals surface area (Å²) < 4.78 is 34.7. The summed E-state index contributed by atoms with van der Waals surface area (Å²) in [5.41, 5.74) is 1.12. The molecule has 1 N–H and O–H groups in total. The molecule has 1 aromatic heterocycles. The number of sulfonamides is 1. The number of likely N-dealkylation sites (N-methyl/N-ethyl adjacent to an activating group) is 1. The number of para-hydroxylation sites is 1. The number of fused-ring (bicyclic) bond motifs is 1. The highest BCUT2D eigenvalue weighted by atomic mass is 32.2. The number of thiophene rings is 1. The zero-order valence-corrected chi connectivity index (χ0v) is 16.6. The minimum atomic E-state index is -3.67. The molecule has 0 radical (unpaired) electrons. The number of ether oxygens (including phenoxy) is 1. The standard InChI is InChI=1S/C19H22N2O3S2/c1-21(2)16(15-13-25-18-10-6-4-8-14(15)18)12-20-26(22,23)19-11-7-5-9-17(19)24-3/h4-11,13,16,20H,12H2,1-3H3/t16-/m0/s1. The van der Waals surface area contributed by atoms with E-state index < -0.39 is 10.0 Å². The van der Waals surface area contributed by atoms with Crippen molar-refractivity contribution in [3.8, 4) is 5.75 Å². The van der Waals surface area contributed by atoms with Gasteiger partial charge in [0.05, 0.1) is 7.11 Å². The van der Waals surface area contributed by atoms with E-state index in [2.05, 4.69) is 22.2 Å². The molecule has 1 heterocycles. The van der Waals surface area contributed by atoms with Crippen molar-refractivity contribution in [2.24, 2.45) is 0 Å². The highest BCUT2D eigenvalue weighted by molar-refractivity contribution is 7.89. The van der Waals surface area contributed by atoms with Gasteiger partial charge < -0.3 is 9.64 Å². The average Bonchev–Trinajstić information content (AvgIpc) is 3.05. The van der Waals surface area contributed by atoms with Gasteiger partial charge in [0.1, 0.15) is 10.6 Å². The van der Waals surface area contributed by atoms with Gasteiger partial charge in [-0.15, -0.1) is 11.3 Å². The first kappa shape index (κ1) is 18.8. The number of hydrogen-bond donors (Lipinski definition) is 1. The number of hydrogen-bond acceptors (Lipinski definition) is 5. The highest BCUT2D eigenvalue weighted by Gasteiger charge is 2.23. The van der Waals surface area contributed by atoms with E-state index in [1.807, 2.05) is 31.1 Å². The van der Waals surface area contributed by atoms with Gasteiger partial charge in [-0.1, -0.05) is 30.3 Å². The molecule has 0 amide bonds. The van der Waals surface area contributed by atoms with Gasteiger partial charge in [0.2, 0.25) is 10.0 Å². The molecular weight excluding hydrogens is 368 g/mol. The van der Waals surface area contributed by atoms with E-state index in [0.29, 0.717) is 5.75 Å². The molecule has 26 heavy (non-hydrogen) atoms. The van der Waals surface area contributed by atoms with E-state index >= 15 is 0 Å². The lowest BCUT2D eigenvalue weighted by molar-refractivity contribution is 0.301. The first-order chi connectivity index (χ1) is 12.4. The van der Waals surface area contributed by atoms with Crippen LogP contribution in [0.5, 0.6) is 5.75 Å². The summed E-state index contributed by atoms with van der Waals surface area (Å²) >= 11 is 1.67. The van der Waals surface area contributed by atoms with Gasteiger partial charge in [-0.25, -0.2) is 13.1 Å². The van der Waals surface area contributed by atoms with E-state index in [0.717, 1.165) is 10.9 Å². The van der Waals surface area contributed by atoms with Gasteiger partial charge in [0, 0.05) is 17.3 Å². The van der Waals surface area contributed by atoms with E-state index in [1.54, 1.807) is 35.6 Å². The van der Waals surface area contributed by atoms with Crippen molar-refractivity contribution in [2.45, 2.75) is 10.9 Å². The average molecular weight is 391 g/mol. The summed E-state index contributed by atoms with van der Waals surface area (Å²) in [7, 11) is 1.70. The van der Waals surface area contributed by atoms with E-state index in [9.17, 15) is 8.42 Å². The Morgan fingerprint density at radius 1 is 1.12 bits per heavy atom. The van der Waals surface area contributed by atoms with Crippen molar-refractivity contribution >= 4 is 31.4 Å². The molecule has 0 saturated carbocycles. The molecule has 5 nitrogen and oxygen atoms in total. The first-order valence-corrected chi connectivity index (χ1v) is 10.6. The number of benzene rings is 2. The molecular formula is C19H22N2O3S2. The summed E-state index contributed by atoms with van der Waals surface area (Å²) in [6.07, 6.45) is 0. The fourth-order valence-corrected chi connectivity index (χ4v) is 5.15. The summed E-state index contributed by atoms with van der Waals surface area (Å²) in [5, 5.41) is 3.26. The number of nitrogens with one attached hydrogen (secondary N) is 1. The molecule has 3 aromatic rings. The molecule has 7 heteroatoms. The van der Waals surface area contributed by atoms with Crippen molar-refractivity contribution in [2.75, 3.05) is 27.7 Å². The van der Waals surface area contributed by atoms with Gasteiger partial charge in [-0.3, -0.25) is 0 Å². The predicted octanol–water partition coefficient (Wildman–Crippen LogP) is 3.49. The second kappa shape index (κ2) is 7.75. The normalized spacial score (nSPS) is 13.2. The molecule has 0 aliphatic rings. The zero-order valence-electron chi connectivity index (χ0n) is 15.0. The van der Waals surface area contributed by atoms with Crippen LogP contribution in [0.15, 0.2) is 58.8 Å². The molecule has 3 rings (SSSR count). The van der Waals surface area contributed by atoms with Gasteiger partial charge >= 0.3 is 0 Å². The third-order valence-corrected chi connectivity index (χ3v) is 6.76. The van der Waals surface area contributed by atoms with Crippen LogP contribution in [0.2, 0.25) is 0 Å². The van der Waals surface area contributed by atoms with Crippen molar-refractivity contribution in [3.63, 3.8) is 0 Å². The maximum absolute atomic E-state index is 12.8. The van der Waals surface area contributed by atoms with Crippen LogP contribution in [0.25, 0.3) is 10.1 Å². The number of nitrogens with zero attached hydrogens (tertiary/aromatic N) is 1. The minimum Gasteiger partial charge on any atom is -0.495 e. The lowest BCUT2D eigenvalue weighted by atomic mass is 10.1. The molecule has 0 saturated heterocycles. The van der Waals surface area contributed by atoms with Crippen LogP contribution in [0.4, 0.5) is 0 Å². The van der Waals surface area contributed by atoms with Crippen LogP contribution in [0, 0.1) is 0 Å². The quantitative estimate of drug-likeness (QED) is 0.671. The van der Waals surface area contributed by atoms with Crippen molar-refractivity contribution in [1.29, 1.82) is 0 Å². The summed E-state index contributed by atoms with van der Waals surface area (Å²) in [5.74, 6) is 0.336. The SMILES string of the molecule is COc1ccccc1S(=O)(=O)NC[C@@H](c1csc2ccccc12)N(C)C. The maximum atomic E-state index is 12.8. The van der Waals surface area contributed by atoms with Crippen LogP contribution in [-0.2, 0) is 10.0 Å². The maximum Gasteiger partial charge on any atom is 0.244 e. The zero-order chi connectivity index (χ0) is 18.7. The molecule has 2 aromatic carbocycles. The Kier molecular flexibility index (Phi) is 5.62. The molecule has 0 bridgehead atoms. The number of rotatable bonds is 7. The Balaban J connectivity index is 1.88. The topological polar surface area (TPSA) is 58.6 Å². The molecule has 0 fully saturated rings. The highest BCUT2D eigenvalue weighted by Crippen LogP contribution is 2.32. The van der Waals surface area contributed by atoms with Crippen molar-refractivity contribution in [1.82, 2.24) is 9.62 Å². The fourth-order valence-electron chi connectivity index (χ4n) is 2.93. The van der Waals surface area contributed by atoms with E-state index in [4.69, 9.17) is 4.74 Å². The van der Waals surface area contributed by atoms with Gasteiger partial charge in [-0.05, 0) is 48.6 Å². The monoisotopic (exact) mass is 390 g/mol. The minimum absolute atomic E-state index is 0.0735. The molecule has 0 aliphatic carbocycles. The van der Waals surface area contributed by atoms with Crippen LogP contribution in [0.1, 0.15) is 11.6 Å². The smallest absolute Gasteiger partial charge is 0.244 e. The Hall–Kier alpha value is -1.93. The Labute approximate surface area is 158 Å². The summed E-state index contributed by atoms with van der Waals surface area (Å²) in [6, 6.07) is 14.7. The molecule has 1 atom stereocenters. The van der Waals surface area contributed by atoms with Crippen molar-refractivity contribution in [3.05, 3.63) is 59.5 Å². The van der Waals surface area contributed by atoms with Crippen LogP contribution in [-0.4, -0.2) is 41.1 Å². The lowest BCUT2D eigenvalue weighted by Gasteiger charge is -2.24. The van der Waals surface area contributed by atoms with Gasteiger partial charge in [0.15, 0.2) is 0 Å². The fraction of sp³-hybridized carbons (Fsp3) is 0.263. The molecule has 138 valence electrons. The number of methoxy groups -OCH3 is 1. The Bertz CT molecular complexity index is 997. The second-order valence-electron chi connectivity index (χ2n) is 6.17. The third-order valence-electron chi connectivity index (χ3n) is 4.32. The molecule has 0 spiro atoms.